The van der Waals surface area contributed by atoms with Gasteiger partial charge in [0.05, 0.1) is 31.9 Å². The molecule has 3 rings (SSSR count). The van der Waals surface area contributed by atoms with Gasteiger partial charge in [-0.05, 0) is 54.9 Å². The number of halogens is 2. The highest BCUT2D eigenvalue weighted by Crippen LogP contribution is 2.25. The van der Waals surface area contributed by atoms with Gasteiger partial charge in [-0.2, -0.15) is 0 Å². The lowest BCUT2D eigenvalue weighted by Crippen LogP contribution is -2.16. The maximum atomic E-state index is 13.6. The number of hydrogen-bond acceptors (Lipinski definition) is 6. The van der Waals surface area contributed by atoms with Crippen molar-refractivity contribution >= 4 is 24.3 Å². The van der Waals surface area contributed by atoms with Crippen LogP contribution < -0.4 is 5.32 Å². The lowest BCUT2D eigenvalue weighted by Gasteiger charge is -2.07. The number of carbonyl (C=O) groups excluding carboxylic acids is 2. The molecule has 0 amide bonds. The summed E-state index contributed by atoms with van der Waals surface area (Å²) >= 11 is 0. The Labute approximate surface area is 185 Å². The van der Waals surface area contributed by atoms with Crippen LogP contribution in [-0.4, -0.2) is 32.7 Å². The van der Waals surface area contributed by atoms with Crippen LogP contribution >= 0.6 is 12.4 Å². The fourth-order valence-corrected chi connectivity index (χ4v) is 3.01. The second-order valence-corrected chi connectivity index (χ2v) is 6.57. The standard InChI is InChI=1S/C23H22FNO5.ClH/c1-28-22(26)17-11-16(12-18(13-17)23(27)29-2)21-8-7-19(30-21)14-25-10-9-15-5-3-4-6-20(15)24;/h3-8,11-13,25H,9-10,14H2,1-2H3;1H. The average Bonchev–Trinajstić information content (AvgIpc) is 3.25. The first kappa shape index (κ1) is 24.1. The van der Waals surface area contributed by atoms with Crippen LogP contribution in [0.3, 0.4) is 0 Å². The summed E-state index contributed by atoms with van der Waals surface area (Å²) in [6.45, 7) is 1.04. The molecule has 0 aliphatic heterocycles. The van der Waals surface area contributed by atoms with Crippen LogP contribution in [0.4, 0.5) is 4.39 Å². The predicted molar refractivity (Wildman–Crippen MR) is 116 cm³/mol. The van der Waals surface area contributed by atoms with E-state index in [2.05, 4.69) is 5.32 Å². The fraction of sp³-hybridized carbons (Fsp3) is 0.217. The van der Waals surface area contributed by atoms with Gasteiger partial charge in [-0.1, -0.05) is 18.2 Å². The van der Waals surface area contributed by atoms with E-state index < -0.39 is 11.9 Å². The number of nitrogens with one attached hydrogen (secondary N) is 1. The highest BCUT2D eigenvalue weighted by molar-refractivity contribution is 5.97. The van der Waals surface area contributed by atoms with E-state index in [0.29, 0.717) is 42.2 Å². The molecule has 0 radical (unpaired) electrons. The van der Waals surface area contributed by atoms with E-state index in [1.54, 1.807) is 36.4 Å². The number of hydrogen-bond donors (Lipinski definition) is 1. The fourth-order valence-electron chi connectivity index (χ4n) is 3.01. The van der Waals surface area contributed by atoms with Crippen molar-refractivity contribution < 1.29 is 27.9 Å². The van der Waals surface area contributed by atoms with E-state index in [4.69, 9.17) is 13.9 Å². The maximum absolute atomic E-state index is 13.6. The van der Waals surface area contributed by atoms with Crippen molar-refractivity contribution in [3.63, 3.8) is 0 Å². The van der Waals surface area contributed by atoms with Gasteiger partial charge in [-0.15, -0.1) is 12.4 Å². The molecule has 1 heterocycles. The van der Waals surface area contributed by atoms with E-state index in [0.717, 1.165) is 0 Å². The second-order valence-electron chi connectivity index (χ2n) is 6.57. The molecule has 1 aromatic heterocycles. The van der Waals surface area contributed by atoms with Gasteiger partial charge in [0, 0.05) is 5.56 Å². The van der Waals surface area contributed by atoms with Gasteiger partial charge in [0.1, 0.15) is 17.3 Å². The molecular weight excluding hydrogens is 425 g/mol. The van der Waals surface area contributed by atoms with Gasteiger partial charge < -0.3 is 19.2 Å². The number of carbonyl (C=O) groups is 2. The molecule has 1 N–H and O–H groups in total. The monoisotopic (exact) mass is 447 g/mol. The summed E-state index contributed by atoms with van der Waals surface area (Å²) in [6, 6.07) is 14.8. The van der Waals surface area contributed by atoms with Crippen LogP contribution in [0.25, 0.3) is 11.3 Å². The summed E-state index contributed by atoms with van der Waals surface area (Å²) < 4.78 is 29.0. The SMILES string of the molecule is COC(=O)c1cc(C(=O)OC)cc(-c2ccc(CNCCc3ccccc3F)o2)c1.Cl. The molecule has 164 valence electrons. The lowest BCUT2D eigenvalue weighted by atomic mass is 10.0. The topological polar surface area (TPSA) is 77.8 Å². The van der Waals surface area contributed by atoms with Gasteiger partial charge in [0.2, 0.25) is 0 Å². The van der Waals surface area contributed by atoms with Gasteiger partial charge >= 0.3 is 11.9 Å². The molecule has 0 saturated heterocycles. The molecule has 0 aliphatic rings. The molecule has 8 heteroatoms. The number of furan rings is 1. The zero-order valence-electron chi connectivity index (χ0n) is 17.1. The van der Waals surface area contributed by atoms with Crippen molar-refractivity contribution in [3.8, 4) is 11.3 Å². The number of esters is 2. The van der Waals surface area contributed by atoms with Crippen LogP contribution in [0.2, 0.25) is 0 Å². The Kier molecular flexibility index (Phi) is 8.78. The molecule has 3 aromatic rings. The molecule has 2 aromatic carbocycles. The predicted octanol–water partition coefficient (Wildman–Crippen LogP) is 4.41. The van der Waals surface area contributed by atoms with Gasteiger partial charge in [0.15, 0.2) is 0 Å². The minimum absolute atomic E-state index is 0. The normalized spacial score (nSPS) is 10.3. The first-order valence-corrected chi connectivity index (χ1v) is 9.36. The molecular formula is C23H23ClFNO5. The van der Waals surface area contributed by atoms with Crippen molar-refractivity contribution in [2.45, 2.75) is 13.0 Å². The highest BCUT2D eigenvalue weighted by atomic mass is 35.5. The molecule has 0 saturated carbocycles. The maximum Gasteiger partial charge on any atom is 0.337 e. The smallest absolute Gasteiger partial charge is 0.337 e. The minimum atomic E-state index is -0.566. The van der Waals surface area contributed by atoms with E-state index in [-0.39, 0.29) is 29.4 Å². The molecule has 0 bridgehead atoms. The van der Waals surface area contributed by atoms with Crippen LogP contribution in [0.1, 0.15) is 32.0 Å². The van der Waals surface area contributed by atoms with Crippen LogP contribution in [0, 0.1) is 5.82 Å². The van der Waals surface area contributed by atoms with Crippen LogP contribution in [0.15, 0.2) is 59.0 Å². The first-order valence-electron chi connectivity index (χ1n) is 9.36. The second kappa shape index (κ2) is 11.3. The Morgan fingerprint density at radius 3 is 2.23 bits per heavy atom. The zero-order chi connectivity index (χ0) is 21.5. The van der Waals surface area contributed by atoms with Crippen molar-refractivity contribution in [2.75, 3.05) is 20.8 Å². The molecule has 31 heavy (non-hydrogen) atoms. The zero-order valence-corrected chi connectivity index (χ0v) is 18.0. The quantitative estimate of drug-likeness (QED) is 0.407. The molecule has 0 unspecified atom stereocenters. The van der Waals surface area contributed by atoms with Crippen molar-refractivity contribution in [1.29, 1.82) is 0 Å². The van der Waals surface area contributed by atoms with E-state index in [1.807, 2.05) is 6.07 Å². The van der Waals surface area contributed by atoms with Gasteiger partial charge in [-0.25, -0.2) is 14.0 Å². The largest absolute Gasteiger partial charge is 0.465 e. The number of ether oxygens (including phenoxy) is 2. The average molecular weight is 448 g/mol. The van der Waals surface area contributed by atoms with E-state index in [9.17, 15) is 14.0 Å². The Hall–Kier alpha value is -3.16. The summed E-state index contributed by atoms with van der Waals surface area (Å²) in [5.41, 5.74) is 1.64. The summed E-state index contributed by atoms with van der Waals surface area (Å²) in [7, 11) is 2.54. The van der Waals surface area contributed by atoms with Gasteiger partial charge in [-0.3, -0.25) is 0 Å². The Morgan fingerprint density at radius 2 is 1.61 bits per heavy atom. The third-order valence-corrected chi connectivity index (χ3v) is 4.55. The summed E-state index contributed by atoms with van der Waals surface area (Å²) in [6.07, 6.45) is 0.559. The van der Waals surface area contributed by atoms with Gasteiger partial charge in [0.25, 0.3) is 0 Å². The molecule has 0 fully saturated rings. The van der Waals surface area contributed by atoms with E-state index in [1.165, 1.54) is 26.4 Å². The van der Waals surface area contributed by atoms with Crippen LogP contribution in [-0.2, 0) is 22.4 Å². The molecule has 0 spiro atoms. The Balaban J connectivity index is 0.00000341. The number of methoxy groups -OCH3 is 2. The summed E-state index contributed by atoms with van der Waals surface area (Å²) in [5.74, 6) is -0.183. The molecule has 0 atom stereocenters. The van der Waals surface area contributed by atoms with Crippen molar-refractivity contribution in [1.82, 2.24) is 5.32 Å². The summed E-state index contributed by atoms with van der Waals surface area (Å²) in [4.78, 5) is 23.9. The summed E-state index contributed by atoms with van der Waals surface area (Å²) in [5, 5.41) is 3.21. The number of benzene rings is 2. The van der Waals surface area contributed by atoms with Crippen molar-refractivity contribution in [3.05, 3.63) is 82.9 Å². The lowest BCUT2D eigenvalue weighted by molar-refractivity contribution is 0.0599. The molecule has 6 nitrogen and oxygen atoms in total. The van der Waals surface area contributed by atoms with E-state index >= 15 is 0 Å². The third-order valence-electron chi connectivity index (χ3n) is 4.55. The Bertz CT molecular complexity index is 1020. The first-order chi connectivity index (χ1) is 14.5. The third kappa shape index (κ3) is 6.16. The van der Waals surface area contributed by atoms with Crippen molar-refractivity contribution in [2.24, 2.45) is 0 Å². The Morgan fingerprint density at radius 1 is 0.968 bits per heavy atom. The highest BCUT2D eigenvalue weighted by Gasteiger charge is 2.16. The van der Waals surface area contributed by atoms with Crippen LogP contribution in [0.5, 0.6) is 0 Å². The molecule has 0 aliphatic carbocycles. The minimum Gasteiger partial charge on any atom is -0.465 e. The number of rotatable bonds is 8.